The van der Waals surface area contributed by atoms with Gasteiger partial charge < -0.3 is 9.88 Å². The molecule has 0 radical (unpaired) electrons. The Kier molecular flexibility index (Phi) is 2.57. The SMILES string of the molecule is Cc1ccc2nc3n(c2c1)CCCN3.Cl. The summed E-state index contributed by atoms with van der Waals surface area (Å²) in [6.45, 7) is 4.25. The van der Waals surface area contributed by atoms with Crippen molar-refractivity contribution in [2.45, 2.75) is 19.9 Å². The Bertz CT molecular complexity index is 490. The fourth-order valence-electron chi connectivity index (χ4n) is 2.03. The van der Waals surface area contributed by atoms with Crippen molar-refractivity contribution >= 4 is 29.4 Å². The molecule has 3 nitrogen and oxygen atoms in total. The predicted octanol–water partition coefficient (Wildman–Crippen LogP) is 2.58. The minimum atomic E-state index is 0. The Morgan fingerprint density at radius 2 is 2.27 bits per heavy atom. The Morgan fingerprint density at radius 1 is 1.40 bits per heavy atom. The van der Waals surface area contributed by atoms with Gasteiger partial charge >= 0.3 is 0 Å². The Morgan fingerprint density at radius 3 is 3.13 bits per heavy atom. The van der Waals surface area contributed by atoms with Gasteiger partial charge in [-0.2, -0.15) is 0 Å². The maximum absolute atomic E-state index is 4.55. The van der Waals surface area contributed by atoms with Crippen molar-refractivity contribution in [3.05, 3.63) is 23.8 Å². The number of imidazole rings is 1. The zero-order valence-electron chi connectivity index (χ0n) is 8.66. The van der Waals surface area contributed by atoms with Crippen LogP contribution in [0.2, 0.25) is 0 Å². The van der Waals surface area contributed by atoms with Gasteiger partial charge in [0.2, 0.25) is 5.95 Å². The number of fused-ring (bicyclic) bond motifs is 3. The first-order chi connectivity index (χ1) is 6.84. The number of aryl methyl sites for hydroxylation is 2. The number of benzene rings is 1. The topological polar surface area (TPSA) is 29.9 Å². The molecule has 2 aromatic rings. The number of nitrogens with zero attached hydrogens (tertiary/aromatic N) is 2. The third kappa shape index (κ3) is 1.57. The predicted molar refractivity (Wildman–Crippen MR) is 64.8 cm³/mol. The molecule has 1 aliphatic rings. The maximum atomic E-state index is 4.55. The number of nitrogens with one attached hydrogen (secondary N) is 1. The summed E-state index contributed by atoms with van der Waals surface area (Å²) < 4.78 is 2.27. The first kappa shape index (κ1) is 10.3. The number of halogens is 1. The highest BCUT2D eigenvalue weighted by molar-refractivity contribution is 5.85. The molecule has 0 fully saturated rings. The zero-order chi connectivity index (χ0) is 9.54. The second-order valence-corrected chi connectivity index (χ2v) is 3.86. The second-order valence-electron chi connectivity index (χ2n) is 3.86. The van der Waals surface area contributed by atoms with Crippen LogP contribution in [-0.2, 0) is 6.54 Å². The van der Waals surface area contributed by atoms with Crippen LogP contribution >= 0.6 is 12.4 Å². The van der Waals surface area contributed by atoms with E-state index in [0.717, 1.165) is 24.6 Å². The highest BCUT2D eigenvalue weighted by Gasteiger charge is 2.13. The molecule has 80 valence electrons. The highest BCUT2D eigenvalue weighted by Crippen LogP contribution is 2.23. The van der Waals surface area contributed by atoms with Gasteiger partial charge in [-0.1, -0.05) is 6.07 Å². The largest absolute Gasteiger partial charge is 0.356 e. The molecule has 0 saturated carbocycles. The molecule has 0 spiro atoms. The maximum Gasteiger partial charge on any atom is 0.203 e. The molecular weight excluding hydrogens is 210 g/mol. The van der Waals surface area contributed by atoms with E-state index in [2.05, 4.69) is 40.0 Å². The average Bonchev–Trinajstić information content (AvgIpc) is 2.56. The van der Waals surface area contributed by atoms with E-state index in [4.69, 9.17) is 0 Å². The number of hydrogen-bond acceptors (Lipinski definition) is 2. The van der Waals surface area contributed by atoms with Gasteiger partial charge in [0.05, 0.1) is 11.0 Å². The Hall–Kier alpha value is -1.22. The molecule has 0 unspecified atom stereocenters. The van der Waals surface area contributed by atoms with E-state index < -0.39 is 0 Å². The van der Waals surface area contributed by atoms with Gasteiger partial charge in [-0.3, -0.25) is 0 Å². The van der Waals surface area contributed by atoms with E-state index in [-0.39, 0.29) is 12.4 Å². The summed E-state index contributed by atoms with van der Waals surface area (Å²) in [5, 5.41) is 3.32. The number of hydrogen-bond donors (Lipinski definition) is 1. The Balaban J connectivity index is 0.000000853. The lowest BCUT2D eigenvalue weighted by Crippen LogP contribution is -2.16. The summed E-state index contributed by atoms with van der Waals surface area (Å²) in [6.07, 6.45) is 1.19. The van der Waals surface area contributed by atoms with E-state index in [9.17, 15) is 0 Å². The van der Waals surface area contributed by atoms with E-state index in [1.807, 2.05) is 0 Å². The molecule has 1 aliphatic heterocycles. The lowest BCUT2D eigenvalue weighted by atomic mass is 10.2. The van der Waals surface area contributed by atoms with Crippen molar-refractivity contribution in [1.82, 2.24) is 9.55 Å². The standard InChI is InChI=1S/C11H13N3.ClH/c1-8-3-4-9-10(7-8)14-6-2-5-12-11(14)13-9;/h3-4,7H,2,5-6H2,1H3,(H,12,13);1H. The smallest absolute Gasteiger partial charge is 0.203 e. The van der Waals surface area contributed by atoms with Crippen molar-refractivity contribution in [2.24, 2.45) is 0 Å². The van der Waals surface area contributed by atoms with Crippen LogP contribution in [0, 0.1) is 6.92 Å². The van der Waals surface area contributed by atoms with Crippen molar-refractivity contribution in [3.63, 3.8) is 0 Å². The average molecular weight is 224 g/mol. The molecule has 1 N–H and O–H groups in total. The zero-order valence-corrected chi connectivity index (χ0v) is 9.47. The van der Waals surface area contributed by atoms with Gasteiger partial charge in [-0.15, -0.1) is 12.4 Å². The second kappa shape index (κ2) is 3.74. The van der Waals surface area contributed by atoms with Crippen molar-refractivity contribution in [1.29, 1.82) is 0 Å². The first-order valence-electron chi connectivity index (χ1n) is 5.05. The summed E-state index contributed by atoms with van der Waals surface area (Å²) in [4.78, 5) is 4.55. The number of aromatic nitrogens is 2. The summed E-state index contributed by atoms with van der Waals surface area (Å²) >= 11 is 0. The van der Waals surface area contributed by atoms with Crippen LogP contribution in [0.15, 0.2) is 18.2 Å². The van der Waals surface area contributed by atoms with Crippen LogP contribution in [-0.4, -0.2) is 16.1 Å². The van der Waals surface area contributed by atoms with Crippen LogP contribution in [0.4, 0.5) is 5.95 Å². The van der Waals surface area contributed by atoms with E-state index in [1.54, 1.807) is 0 Å². The first-order valence-corrected chi connectivity index (χ1v) is 5.05. The lowest BCUT2D eigenvalue weighted by Gasteiger charge is -2.15. The number of anilines is 1. The highest BCUT2D eigenvalue weighted by atomic mass is 35.5. The molecule has 3 rings (SSSR count). The molecule has 0 amide bonds. The van der Waals surface area contributed by atoms with E-state index in [0.29, 0.717) is 0 Å². The minimum Gasteiger partial charge on any atom is -0.356 e. The summed E-state index contributed by atoms with van der Waals surface area (Å²) in [6, 6.07) is 6.41. The van der Waals surface area contributed by atoms with Crippen LogP contribution in [0.25, 0.3) is 11.0 Å². The molecule has 1 aromatic heterocycles. The molecule has 0 bridgehead atoms. The van der Waals surface area contributed by atoms with Gasteiger partial charge in [0, 0.05) is 13.1 Å². The van der Waals surface area contributed by atoms with Gasteiger partial charge in [-0.05, 0) is 31.0 Å². The van der Waals surface area contributed by atoms with Crippen LogP contribution in [0.1, 0.15) is 12.0 Å². The molecule has 0 aliphatic carbocycles. The van der Waals surface area contributed by atoms with Crippen LogP contribution in [0.3, 0.4) is 0 Å². The van der Waals surface area contributed by atoms with E-state index in [1.165, 1.54) is 17.5 Å². The molecule has 1 aromatic carbocycles. The molecule has 2 heterocycles. The van der Waals surface area contributed by atoms with Gasteiger partial charge in [0.15, 0.2) is 0 Å². The normalized spacial score (nSPS) is 14.2. The minimum absolute atomic E-state index is 0. The van der Waals surface area contributed by atoms with E-state index >= 15 is 0 Å². The summed E-state index contributed by atoms with van der Waals surface area (Å²) in [7, 11) is 0. The van der Waals surface area contributed by atoms with Gasteiger partial charge in [0.1, 0.15) is 0 Å². The molecule has 0 saturated heterocycles. The van der Waals surface area contributed by atoms with Gasteiger partial charge in [0.25, 0.3) is 0 Å². The fraction of sp³-hybridized carbons (Fsp3) is 0.364. The van der Waals surface area contributed by atoms with Crippen LogP contribution < -0.4 is 5.32 Å². The van der Waals surface area contributed by atoms with Gasteiger partial charge in [-0.25, -0.2) is 4.98 Å². The molecule has 4 heteroatoms. The molecule has 15 heavy (non-hydrogen) atoms. The van der Waals surface area contributed by atoms with Crippen molar-refractivity contribution < 1.29 is 0 Å². The van der Waals surface area contributed by atoms with Crippen molar-refractivity contribution in [3.8, 4) is 0 Å². The Labute approximate surface area is 94.9 Å². The lowest BCUT2D eigenvalue weighted by molar-refractivity contribution is 0.642. The quantitative estimate of drug-likeness (QED) is 0.744. The molecular formula is C11H14ClN3. The third-order valence-corrected chi connectivity index (χ3v) is 2.75. The molecule has 0 atom stereocenters. The van der Waals surface area contributed by atoms with Crippen molar-refractivity contribution in [2.75, 3.05) is 11.9 Å². The fourth-order valence-corrected chi connectivity index (χ4v) is 2.03. The summed E-state index contributed by atoms with van der Waals surface area (Å²) in [5.74, 6) is 1.02. The van der Waals surface area contributed by atoms with Crippen LogP contribution in [0.5, 0.6) is 0 Å². The summed E-state index contributed by atoms with van der Waals surface area (Å²) in [5.41, 5.74) is 3.65. The third-order valence-electron chi connectivity index (χ3n) is 2.75. The number of rotatable bonds is 0. The monoisotopic (exact) mass is 223 g/mol.